The van der Waals surface area contributed by atoms with Gasteiger partial charge < -0.3 is 9.26 Å². The summed E-state index contributed by atoms with van der Waals surface area (Å²) < 4.78 is 10.8. The average Bonchev–Trinajstić information content (AvgIpc) is 3.22. The summed E-state index contributed by atoms with van der Waals surface area (Å²) in [5, 5.41) is 7.60. The maximum atomic E-state index is 10.8. The molecule has 0 saturated heterocycles. The fourth-order valence-electron chi connectivity index (χ4n) is 4.00. The summed E-state index contributed by atoms with van der Waals surface area (Å²) in [6, 6.07) is 16.4. The van der Waals surface area contributed by atoms with Gasteiger partial charge in [-0.1, -0.05) is 55.4 Å². The lowest BCUT2D eigenvalue weighted by atomic mass is 9.86. The number of carbonyl (C=O) groups is 1. The topological polar surface area (TPSA) is 77.3 Å². The van der Waals surface area contributed by atoms with Crippen molar-refractivity contribution in [2.24, 2.45) is 5.92 Å². The molecule has 1 heterocycles. The highest BCUT2D eigenvalue weighted by molar-refractivity contribution is 5.60. The third kappa shape index (κ3) is 4.85. The summed E-state index contributed by atoms with van der Waals surface area (Å²) in [4.78, 5) is 15.4. The minimum absolute atomic E-state index is 0.0551. The molecule has 0 bridgehead atoms. The van der Waals surface area contributed by atoms with Crippen LogP contribution in [-0.4, -0.2) is 22.3 Å². The summed E-state index contributed by atoms with van der Waals surface area (Å²) in [5.74, 6) is 1.70. The van der Waals surface area contributed by atoms with Crippen LogP contribution in [-0.2, 0) is 16.0 Å². The Morgan fingerprint density at radius 3 is 2.32 bits per heavy atom. The molecule has 6 heteroatoms. The highest BCUT2D eigenvalue weighted by atomic mass is 16.6. The maximum absolute atomic E-state index is 10.8. The first kappa shape index (κ1) is 21.2. The molecule has 1 unspecified atom stereocenters. The van der Waals surface area contributed by atoms with Gasteiger partial charge in [0.1, 0.15) is 0 Å². The van der Waals surface area contributed by atoms with E-state index in [-0.39, 0.29) is 6.04 Å². The number of nitrogens with zero attached hydrogens (tertiary/aromatic N) is 2. The quantitative estimate of drug-likeness (QED) is 0.374. The summed E-state index contributed by atoms with van der Waals surface area (Å²) in [6.45, 7) is 7.03. The van der Waals surface area contributed by atoms with Crippen LogP contribution in [0, 0.1) is 5.92 Å². The Balaban J connectivity index is 1.44. The van der Waals surface area contributed by atoms with Crippen LogP contribution in [0.4, 0.5) is 0 Å². The molecule has 1 aliphatic carbocycles. The number of rotatable bonds is 9. The van der Waals surface area contributed by atoms with Gasteiger partial charge in [0, 0.05) is 30.0 Å². The number of ether oxygens (including phenoxy) is 1. The molecule has 0 radical (unpaired) electrons. The molecule has 162 valence electrons. The van der Waals surface area contributed by atoms with E-state index in [1.807, 2.05) is 36.4 Å². The van der Waals surface area contributed by atoms with Crippen molar-refractivity contribution in [2.45, 2.75) is 58.2 Å². The molecule has 2 aromatic carbocycles. The van der Waals surface area contributed by atoms with E-state index in [2.05, 4.69) is 48.4 Å². The van der Waals surface area contributed by atoms with Crippen molar-refractivity contribution < 1.29 is 14.1 Å². The van der Waals surface area contributed by atoms with Crippen molar-refractivity contribution in [1.29, 1.82) is 0 Å². The monoisotopic (exact) mass is 419 g/mol. The van der Waals surface area contributed by atoms with Crippen molar-refractivity contribution >= 4 is 6.47 Å². The lowest BCUT2D eigenvalue weighted by molar-refractivity contribution is -0.161. The predicted molar refractivity (Wildman–Crippen MR) is 119 cm³/mol. The van der Waals surface area contributed by atoms with Crippen LogP contribution in [0.1, 0.15) is 57.2 Å². The highest BCUT2D eigenvalue weighted by Crippen LogP contribution is 2.35. The predicted octanol–water partition coefficient (Wildman–Crippen LogP) is 5.31. The third-order valence-corrected chi connectivity index (χ3v) is 5.85. The molecule has 1 N–H and O–H groups in total. The molecule has 0 amide bonds. The van der Waals surface area contributed by atoms with Crippen molar-refractivity contribution in [3.05, 3.63) is 59.7 Å². The fourth-order valence-corrected chi connectivity index (χ4v) is 4.00. The summed E-state index contributed by atoms with van der Waals surface area (Å²) >= 11 is 0. The van der Waals surface area contributed by atoms with E-state index in [1.54, 1.807) is 0 Å². The standard InChI is InChI=1S/C25H29N3O3/c1-17(2)15-19-5-7-22(8-6-19)24-26-23(28-31-24)21-11-9-20(10-12-21)18(3)27-25(30-16-29)13-4-14-25/h5-12,16-18,27H,4,13-15H2,1-3H3. The van der Waals surface area contributed by atoms with Crippen molar-refractivity contribution in [2.75, 3.05) is 0 Å². The largest absolute Gasteiger partial charge is 0.446 e. The number of hydrogen-bond acceptors (Lipinski definition) is 6. The van der Waals surface area contributed by atoms with Gasteiger partial charge in [-0.3, -0.25) is 10.1 Å². The van der Waals surface area contributed by atoms with Gasteiger partial charge in [-0.25, -0.2) is 0 Å². The minimum atomic E-state index is -0.521. The Morgan fingerprint density at radius 2 is 1.74 bits per heavy atom. The maximum Gasteiger partial charge on any atom is 0.294 e. The molecule has 6 nitrogen and oxygen atoms in total. The number of carbonyl (C=O) groups excluding carboxylic acids is 1. The number of aromatic nitrogens is 2. The van der Waals surface area contributed by atoms with Crippen molar-refractivity contribution in [1.82, 2.24) is 15.5 Å². The van der Waals surface area contributed by atoms with Crippen LogP contribution in [0.2, 0.25) is 0 Å². The summed E-state index contributed by atoms with van der Waals surface area (Å²) in [6.07, 6.45) is 3.81. The molecule has 0 spiro atoms. The van der Waals surface area contributed by atoms with Crippen LogP contribution in [0.3, 0.4) is 0 Å². The smallest absolute Gasteiger partial charge is 0.294 e. The molecule has 31 heavy (non-hydrogen) atoms. The van der Waals surface area contributed by atoms with Gasteiger partial charge in [0.2, 0.25) is 5.82 Å². The van der Waals surface area contributed by atoms with Crippen molar-refractivity contribution in [3.8, 4) is 22.8 Å². The average molecular weight is 420 g/mol. The summed E-state index contributed by atoms with van der Waals surface area (Å²) in [7, 11) is 0. The zero-order valence-electron chi connectivity index (χ0n) is 18.3. The minimum Gasteiger partial charge on any atom is -0.446 e. The van der Waals surface area contributed by atoms with Crippen LogP contribution in [0.25, 0.3) is 22.8 Å². The molecule has 1 atom stereocenters. The second kappa shape index (κ2) is 9.02. The zero-order valence-corrected chi connectivity index (χ0v) is 18.3. The van der Waals surface area contributed by atoms with Crippen molar-refractivity contribution in [3.63, 3.8) is 0 Å². The molecular formula is C25H29N3O3. The van der Waals surface area contributed by atoms with E-state index >= 15 is 0 Å². The molecule has 1 aromatic heterocycles. The molecule has 3 aromatic rings. The number of nitrogens with one attached hydrogen (secondary N) is 1. The first-order valence-electron chi connectivity index (χ1n) is 10.9. The van der Waals surface area contributed by atoms with Gasteiger partial charge in [-0.15, -0.1) is 0 Å². The van der Waals surface area contributed by atoms with E-state index in [0.717, 1.165) is 42.4 Å². The SMILES string of the molecule is CC(C)Cc1ccc(-c2nc(-c3ccc(C(C)NC4(OC=O)CCC4)cc3)no2)cc1. The Labute approximate surface area is 183 Å². The van der Waals surface area contributed by atoms with Crippen LogP contribution < -0.4 is 5.32 Å². The second-order valence-corrected chi connectivity index (χ2v) is 8.77. The fraction of sp³-hybridized carbons (Fsp3) is 0.400. The molecule has 1 saturated carbocycles. The Morgan fingerprint density at radius 1 is 1.06 bits per heavy atom. The molecule has 1 aliphatic rings. The van der Waals surface area contributed by atoms with Gasteiger partial charge in [0.05, 0.1) is 0 Å². The molecule has 0 aliphatic heterocycles. The highest BCUT2D eigenvalue weighted by Gasteiger charge is 2.40. The van der Waals surface area contributed by atoms with Gasteiger partial charge >= 0.3 is 0 Å². The first-order chi connectivity index (χ1) is 15.0. The van der Waals surface area contributed by atoms with Gasteiger partial charge in [0.25, 0.3) is 12.4 Å². The lowest BCUT2D eigenvalue weighted by Gasteiger charge is -2.42. The van der Waals surface area contributed by atoms with E-state index in [1.165, 1.54) is 5.56 Å². The van der Waals surface area contributed by atoms with E-state index in [0.29, 0.717) is 24.1 Å². The molecular weight excluding hydrogens is 390 g/mol. The number of hydrogen-bond donors (Lipinski definition) is 1. The Hall–Kier alpha value is -2.99. The lowest BCUT2D eigenvalue weighted by Crippen LogP contribution is -2.53. The molecule has 4 rings (SSSR count). The van der Waals surface area contributed by atoms with E-state index < -0.39 is 5.72 Å². The van der Waals surface area contributed by atoms with Gasteiger partial charge in [0.15, 0.2) is 5.72 Å². The van der Waals surface area contributed by atoms with Crippen LogP contribution in [0.15, 0.2) is 53.1 Å². The second-order valence-electron chi connectivity index (χ2n) is 8.77. The van der Waals surface area contributed by atoms with E-state index in [9.17, 15) is 4.79 Å². The Kier molecular flexibility index (Phi) is 6.18. The normalized spacial score (nSPS) is 16.0. The first-order valence-corrected chi connectivity index (χ1v) is 10.9. The van der Waals surface area contributed by atoms with E-state index in [4.69, 9.17) is 9.26 Å². The Bertz CT molecular complexity index is 1010. The summed E-state index contributed by atoms with van der Waals surface area (Å²) in [5.41, 5.74) is 3.70. The third-order valence-electron chi connectivity index (χ3n) is 5.85. The van der Waals surface area contributed by atoms with Crippen LogP contribution >= 0.6 is 0 Å². The van der Waals surface area contributed by atoms with Gasteiger partial charge in [-0.05, 0) is 48.9 Å². The van der Waals surface area contributed by atoms with Gasteiger partial charge in [-0.2, -0.15) is 4.98 Å². The van der Waals surface area contributed by atoms with Crippen LogP contribution in [0.5, 0.6) is 0 Å². The zero-order chi connectivity index (χ0) is 21.8. The molecule has 1 fully saturated rings. The number of benzene rings is 2.